The average Bonchev–Trinajstić information content (AvgIpc) is 2.30. The van der Waals surface area contributed by atoms with E-state index in [2.05, 4.69) is 16.0 Å². The van der Waals surface area contributed by atoms with Gasteiger partial charge < -0.3 is 5.73 Å². The molecule has 2 N–H and O–H groups in total. The molecule has 0 bridgehead atoms. The van der Waals surface area contributed by atoms with Crippen molar-refractivity contribution in [2.45, 2.75) is 0 Å². The van der Waals surface area contributed by atoms with E-state index in [-0.39, 0.29) is 5.95 Å². The van der Waals surface area contributed by atoms with Crippen molar-refractivity contribution in [3.8, 4) is 17.2 Å². The van der Waals surface area contributed by atoms with Crippen molar-refractivity contribution < 1.29 is 0 Å². The second kappa shape index (κ2) is 3.76. The van der Waals surface area contributed by atoms with Crippen LogP contribution in [-0.4, -0.2) is 9.97 Å². The molecule has 1 aromatic heterocycles. The first-order chi connectivity index (χ1) is 7.29. The average molecular weight is 196 g/mol. The van der Waals surface area contributed by atoms with E-state index in [0.29, 0.717) is 5.56 Å². The van der Waals surface area contributed by atoms with Crippen LogP contribution in [0.5, 0.6) is 0 Å². The van der Waals surface area contributed by atoms with Crippen molar-refractivity contribution in [2.75, 3.05) is 5.73 Å². The van der Waals surface area contributed by atoms with Gasteiger partial charge in [0.05, 0.1) is 11.6 Å². The number of nitrogen functional groups attached to an aromatic ring is 1. The van der Waals surface area contributed by atoms with E-state index < -0.39 is 0 Å². The number of nitriles is 1. The maximum Gasteiger partial charge on any atom is 0.219 e. The van der Waals surface area contributed by atoms with Crippen LogP contribution in [0.3, 0.4) is 0 Å². The molecule has 2 aromatic rings. The van der Waals surface area contributed by atoms with Gasteiger partial charge in [0.15, 0.2) is 0 Å². The van der Waals surface area contributed by atoms with Crippen molar-refractivity contribution in [3.63, 3.8) is 0 Å². The third-order valence-electron chi connectivity index (χ3n) is 2.00. The molecule has 0 unspecified atom stereocenters. The predicted molar refractivity (Wildman–Crippen MR) is 56.6 cm³/mol. The molecule has 72 valence electrons. The Morgan fingerprint density at radius 2 is 1.87 bits per heavy atom. The summed E-state index contributed by atoms with van der Waals surface area (Å²) in [5, 5.41) is 8.75. The Morgan fingerprint density at radius 3 is 2.53 bits per heavy atom. The van der Waals surface area contributed by atoms with Crippen LogP contribution in [0.25, 0.3) is 11.1 Å². The number of hydrogen-bond acceptors (Lipinski definition) is 4. The van der Waals surface area contributed by atoms with Crippen molar-refractivity contribution in [1.82, 2.24) is 9.97 Å². The van der Waals surface area contributed by atoms with Gasteiger partial charge in [-0.15, -0.1) is 0 Å². The van der Waals surface area contributed by atoms with Crippen LogP contribution in [0.15, 0.2) is 36.7 Å². The van der Waals surface area contributed by atoms with Crippen LogP contribution >= 0.6 is 0 Å². The summed E-state index contributed by atoms with van der Waals surface area (Å²) >= 11 is 0. The molecule has 0 saturated carbocycles. The SMILES string of the molecule is N#Cc1cccc(-c2cnc(N)nc2)c1. The number of nitrogens with zero attached hydrogens (tertiary/aromatic N) is 3. The van der Waals surface area contributed by atoms with E-state index >= 15 is 0 Å². The van der Waals surface area contributed by atoms with Crippen molar-refractivity contribution in [1.29, 1.82) is 5.26 Å². The highest BCUT2D eigenvalue weighted by atomic mass is 15.0. The van der Waals surface area contributed by atoms with E-state index in [0.717, 1.165) is 11.1 Å². The lowest BCUT2D eigenvalue weighted by atomic mass is 10.1. The van der Waals surface area contributed by atoms with Crippen LogP contribution in [0.2, 0.25) is 0 Å². The molecule has 4 heteroatoms. The van der Waals surface area contributed by atoms with Gasteiger partial charge in [-0.05, 0) is 17.7 Å². The first-order valence-corrected chi connectivity index (χ1v) is 4.37. The normalized spacial score (nSPS) is 9.53. The fourth-order valence-electron chi connectivity index (χ4n) is 1.26. The Kier molecular flexibility index (Phi) is 2.30. The van der Waals surface area contributed by atoms with Gasteiger partial charge in [-0.3, -0.25) is 0 Å². The summed E-state index contributed by atoms with van der Waals surface area (Å²) in [6.07, 6.45) is 3.28. The molecule has 2 rings (SSSR count). The van der Waals surface area contributed by atoms with Crippen LogP contribution in [0.4, 0.5) is 5.95 Å². The molecular weight excluding hydrogens is 188 g/mol. The minimum atomic E-state index is 0.246. The summed E-state index contributed by atoms with van der Waals surface area (Å²) in [6.45, 7) is 0. The Hall–Kier alpha value is -2.41. The number of nitrogens with two attached hydrogens (primary N) is 1. The lowest BCUT2D eigenvalue weighted by molar-refractivity contribution is 1.19. The van der Waals surface area contributed by atoms with Crippen LogP contribution in [0, 0.1) is 11.3 Å². The van der Waals surface area contributed by atoms with E-state index in [1.54, 1.807) is 24.5 Å². The van der Waals surface area contributed by atoms with Gasteiger partial charge in [0.1, 0.15) is 0 Å². The van der Waals surface area contributed by atoms with E-state index in [1.807, 2.05) is 12.1 Å². The van der Waals surface area contributed by atoms with E-state index in [4.69, 9.17) is 11.0 Å². The number of aromatic nitrogens is 2. The number of benzene rings is 1. The summed E-state index contributed by atoms with van der Waals surface area (Å²) in [5.74, 6) is 0.246. The first kappa shape index (κ1) is 9.16. The number of anilines is 1. The third-order valence-corrected chi connectivity index (χ3v) is 2.00. The molecule has 1 heterocycles. The summed E-state index contributed by atoms with van der Waals surface area (Å²) in [6, 6.07) is 9.34. The van der Waals surface area contributed by atoms with E-state index in [1.165, 1.54) is 0 Å². The molecule has 0 saturated heterocycles. The molecule has 0 atom stereocenters. The predicted octanol–water partition coefficient (Wildman–Crippen LogP) is 1.60. The fourth-order valence-corrected chi connectivity index (χ4v) is 1.26. The molecule has 1 aromatic carbocycles. The standard InChI is InChI=1S/C11H8N4/c12-5-8-2-1-3-9(4-8)10-6-14-11(13)15-7-10/h1-4,6-7H,(H2,13,14,15). The van der Waals surface area contributed by atoms with Crippen LogP contribution in [-0.2, 0) is 0 Å². The molecule has 0 aliphatic rings. The van der Waals surface area contributed by atoms with Gasteiger partial charge in [0, 0.05) is 18.0 Å². The molecule has 0 fully saturated rings. The zero-order chi connectivity index (χ0) is 10.7. The Balaban J connectivity index is 2.46. The fraction of sp³-hybridized carbons (Fsp3) is 0. The zero-order valence-electron chi connectivity index (χ0n) is 7.88. The Morgan fingerprint density at radius 1 is 1.13 bits per heavy atom. The number of hydrogen-bond donors (Lipinski definition) is 1. The van der Waals surface area contributed by atoms with Gasteiger partial charge in [0.25, 0.3) is 0 Å². The maximum atomic E-state index is 8.75. The molecule has 0 radical (unpaired) electrons. The Bertz CT molecular complexity index is 511. The number of rotatable bonds is 1. The van der Waals surface area contributed by atoms with Gasteiger partial charge in [-0.25, -0.2) is 9.97 Å². The quantitative estimate of drug-likeness (QED) is 0.751. The first-order valence-electron chi connectivity index (χ1n) is 4.37. The molecule has 15 heavy (non-hydrogen) atoms. The largest absolute Gasteiger partial charge is 0.368 e. The van der Waals surface area contributed by atoms with Gasteiger partial charge >= 0.3 is 0 Å². The highest BCUT2D eigenvalue weighted by Gasteiger charge is 1.99. The highest BCUT2D eigenvalue weighted by Crippen LogP contribution is 2.18. The maximum absolute atomic E-state index is 8.75. The van der Waals surface area contributed by atoms with Gasteiger partial charge in [0.2, 0.25) is 5.95 Å². The molecule has 0 aliphatic heterocycles. The summed E-state index contributed by atoms with van der Waals surface area (Å²) < 4.78 is 0. The second-order valence-corrected chi connectivity index (χ2v) is 3.02. The van der Waals surface area contributed by atoms with Gasteiger partial charge in [-0.1, -0.05) is 12.1 Å². The molecule has 4 nitrogen and oxygen atoms in total. The lowest BCUT2D eigenvalue weighted by Gasteiger charge is -2.00. The molecular formula is C11H8N4. The van der Waals surface area contributed by atoms with Crippen LogP contribution < -0.4 is 5.73 Å². The summed E-state index contributed by atoms with van der Waals surface area (Å²) in [7, 11) is 0. The van der Waals surface area contributed by atoms with Crippen molar-refractivity contribution >= 4 is 5.95 Å². The third kappa shape index (κ3) is 1.92. The smallest absolute Gasteiger partial charge is 0.219 e. The minimum Gasteiger partial charge on any atom is -0.368 e. The van der Waals surface area contributed by atoms with E-state index in [9.17, 15) is 0 Å². The summed E-state index contributed by atoms with van der Waals surface area (Å²) in [4.78, 5) is 7.79. The Labute approximate surface area is 87.0 Å². The van der Waals surface area contributed by atoms with Gasteiger partial charge in [-0.2, -0.15) is 5.26 Å². The summed E-state index contributed by atoms with van der Waals surface area (Å²) in [5.41, 5.74) is 7.76. The monoisotopic (exact) mass is 196 g/mol. The van der Waals surface area contributed by atoms with Crippen LogP contribution in [0.1, 0.15) is 5.56 Å². The molecule has 0 spiro atoms. The zero-order valence-corrected chi connectivity index (χ0v) is 7.88. The second-order valence-electron chi connectivity index (χ2n) is 3.02. The van der Waals surface area contributed by atoms with Crippen molar-refractivity contribution in [3.05, 3.63) is 42.2 Å². The highest BCUT2D eigenvalue weighted by molar-refractivity contribution is 5.63. The molecule has 0 aliphatic carbocycles. The van der Waals surface area contributed by atoms with Crippen molar-refractivity contribution in [2.24, 2.45) is 0 Å². The topological polar surface area (TPSA) is 75.6 Å². The lowest BCUT2D eigenvalue weighted by Crippen LogP contribution is -1.93. The minimum absolute atomic E-state index is 0.246. The molecule has 0 amide bonds.